The Morgan fingerprint density at radius 1 is 0.839 bits per heavy atom. The van der Waals surface area contributed by atoms with Gasteiger partial charge in [-0.05, 0) is 75.5 Å². The summed E-state index contributed by atoms with van der Waals surface area (Å²) in [4.78, 5) is 30.0. The van der Waals surface area contributed by atoms with Gasteiger partial charge in [0.05, 0.1) is 0 Å². The van der Waals surface area contributed by atoms with Crippen LogP contribution in [0.2, 0.25) is 0 Å². The lowest BCUT2D eigenvalue weighted by Crippen LogP contribution is -2.56. The van der Waals surface area contributed by atoms with Gasteiger partial charge in [0.15, 0.2) is 0 Å². The third kappa shape index (κ3) is 4.15. The SMILES string of the molecule is CN1NCC2CCC(C3CCC(C(=O)N4CCN(C(=O)C5(C)CCC5)CC4)CC3)CC21. The number of fused-ring (bicyclic) bond motifs is 1. The number of nitrogens with one attached hydrogen (secondary N) is 1. The van der Waals surface area contributed by atoms with E-state index >= 15 is 0 Å². The van der Waals surface area contributed by atoms with Crippen LogP contribution in [0.4, 0.5) is 0 Å². The third-order valence-corrected chi connectivity index (χ3v) is 9.74. The summed E-state index contributed by atoms with van der Waals surface area (Å²) < 4.78 is 0. The fourth-order valence-electron chi connectivity index (χ4n) is 7.29. The third-order valence-electron chi connectivity index (χ3n) is 9.74. The van der Waals surface area contributed by atoms with Gasteiger partial charge in [-0.25, -0.2) is 5.01 Å². The van der Waals surface area contributed by atoms with Crippen LogP contribution in [0, 0.1) is 29.1 Å². The molecule has 0 spiro atoms. The Labute approximate surface area is 188 Å². The molecular weight excluding hydrogens is 388 g/mol. The summed E-state index contributed by atoms with van der Waals surface area (Å²) in [6.07, 6.45) is 11.9. The Kier molecular flexibility index (Phi) is 6.06. The monoisotopic (exact) mass is 430 g/mol. The van der Waals surface area contributed by atoms with Crippen molar-refractivity contribution >= 4 is 11.8 Å². The van der Waals surface area contributed by atoms with Gasteiger partial charge in [-0.3, -0.25) is 15.0 Å². The summed E-state index contributed by atoms with van der Waals surface area (Å²) in [6.45, 7) is 6.18. The minimum absolute atomic E-state index is 0.118. The maximum atomic E-state index is 13.2. The van der Waals surface area contributed by atoms with Crippen LogP contribution < -0.4 is 5.43 Å². The second-order valence-electron chi connectivity index (χ2n) is 11.5. The highest BCUT2D eigenvalue weighted by molar-refractivity contribution is 5.84. The van der Waals surface area contributed by atoms with Crippen molar-refractivity contribution < 1.29 is 9.59 Å². The highest BCUT2D eigenvalue weighted by Gasteiger charge is 2.44. The van der Waals surface area contributed by atoms with Crippen molar-refractivity contribution in [3.8, 4) is 0 Å². The van der Waals surface area contributed by atoms with Crippen molar-refractivity contribution in [1.82, 2.24) is 20.2 Å². The number of hydrazine groups is 1. The van der Waals surface area contributed by atoms with Crippen molar-refractivity contribution in [2.24, 2.45) is 29.1 Å². The Bertz CT molecular complexity index is 677. The topological polar surface area (TPSA) is 55.9 Å². The zero-order valence-electron chi connectivity index (χ0n) is 19.7. The van der Waals surface area contributed by atoms with Crippen LogP contribution in [0.15, 0.2) is 0 Å². The summed E-state index contributed by atoms with van der Waals surface area (Å²) in [5.41, 5.74) is 3.41. The van der Waals surface area contributed by atoms with Gasteiger partial charge in [0.2, 0.25) is 11.8 Å². The van der Waals surface area contributed by atoms with Crippen molar-refractivity contribution in [2.75, 3.05) is 39.8 Å². The van der Waals surface area contributed by atoms with E-state index in [1.165, 1.54) is 38.5 Å². The summed E-state index contributed by atoms with van der Waals surface area (Å²) in [7, 11) is 2.21. The average molecular weight is 431 g/mol. The Morgan fingerprint density at radius 2 is 1.45 bits per heavy atom. The van der Waals surface area contributed by atoms with Gasteiger partial charge in [-0.1, -0.05) is 13.3 Å². The molecule has 3 unspecified atom stereocenters. The summed E-state index contributed by atoms with van der Waals surface area (Å²) in [6, 6.07) is 0.722. The molecule has 6 nitrogen and oxygen atoms in total. The van der Waals surface area contributed by atoms with E-state index in [1.807, 2.05) is 4.90 Å². The van der Waals surface area contributed by atoms with E-state index in [9.17, 15) is 9.59 Å². The Hall–Kier alpha value is -1.14. The quantitative estimate of drug-likeness (QED) is 0.748. The van der Waals surface area contributed by atoms with E-state index in [-0.39, 0.29) is 11.3 Å². The second kappa shape index (κ2) is 8.66. The van der Waals surface area contributed by atoms with E-state index < -0.39 is 0 Å². The zero-order valence-corrected chi connectivity index (χ0v) is 19.7. The fourth-order valence-corrected chi connectivity index (χ4v) is 7.29. The molecule has 3 saturated carbocycles. The van der Waals surface area contributed by atoms with Gasteiger partial charge in [0, 0.05) is 57.1 Å². The molecule has 5 rings (SSSR count). The van der Waals surface area contributed by atoms with Gasteiger partial charge in [-0.2, -0.15) is 0 Å². The van der Waals surface area contributed by atoms with Gasteiger partial charge >= 0.3 is 0 Å². The van der Waals surface area contributed by atoms with Crippen molar-refractivity contribution in [3.63, 3.8) is 0 Å². The predicted octanol–water partition coefficient (Wildman–Crippen LogP) is 2.89. The maximum Gasteiger partial charge on any atom is 0.228 e. The van der Waals surface area contributed by atoms with Gasteiger partial charge in [0.1, 0.15) is 0 Å². The molecule has 1 N–H and O–H groups in total. The molecule has 2 heterocycles. The van der Waals surface area contributed by atoms with Crippen molar-refractivity contribution in [2.45, 2.75) is 77.2 Å². The molecule has 3 aliphatic carbocycles. The second-order valence-corrected chi connectivity index (χ2v) is 11.5. The van der Waals surface area contributed by atoms with E-state index in [1.54, 1.807) is 0 Å². The molecule has 31 heavy (non-hydrogen) atoms. The number of rotatable bonds is 3. The molecule has 0 bridgehead atoms. The highest BCUT2D eigenvalue weighted by atomic mass is 16.2. The van der Waals surface area contributed by atoms with Crippen LogP contribution in [0.25, 0.3) is 0 Å². The van der Waals surface area contributed by atoms with Crippen LogP contribution in [-0.2, 0) is 9.59 Å². The van der Waals surface area contributed by atoms with E-state index in [0.717, 1.165) is 82.2 Å². The zero-order chi connectivity index (χ0) is 21.6. The standard InChI is InChI=1S/C25H42N4O2/c1-25(10-3-11-25)24(31)29-14-12-28(13-15-29)23(30)19-6-4-18(5-7-19)20-8-9-21-17-26-27(2)22(21)16-20/h18-22,26H,3-17H2,1-2H3. The Balaban J connectivity index is 1.07. The van der Waals surface area contributed by atoms with Crippen LogP contribution in [0.3, 0.4) is 0 Å². The largest absolute Gasteiger partial charge is 0.339 e. The van der Waals surface area contributed by atoms with Gasteiger partial charge in [0.25, 0.3) is 0 Å². The van der Waals surface area contributed by atoms with Gasteiger partial charge in [-0.15, -0.1) is 0 Å². The van der Waals surface area contributed by atoms with E-state index in [2.05, 4.69) is 29.3 Å². The molecule has 6 heteroatoms. The highest BCUT2D eigenvalue weighted by Crippen LogP contribution is 2.44. The summed E-state index contributed by atoms with van der Waals surface area (Å²) in [5, 5.41) is 2.36. The molecule has 2 saturated heterocycles. The molecule has 0 aromatic heterocycles. The average Bonchev–Trinajstić information content (AvgIpc) is 3.17. The van der Waals surface area contributed by atoms with Crippen LogP contribution in [-0.4, -0.2) is 72.4 Å². The number of amides is 2. The first-order valence-corrected chi connectivity index (χ1v) is 13.0. The lowest BCUT2D eigenvalue weighted by molar-refractivity contribution is -0.151. The summed E-state index contributed by atoms with van der Waals surface area (Å²) >= 11 is 0. The normalized spacial score (nSPS) is 38.5. The Morgan fingerprint density at radius 3 is 2.10 bits per heavy atom. The molecule has 0 radical (unpaired) electrons. The minimum atomic E-state index is -0.118. The fraction of sp³-hybridized carbons (Fsp3) is 0.920. The van der Waals surface area contributed by atoms with Crippen molar-refractivity contribution in [3.05, 3.63) is 0 Å². The first kappa shape index (κ1) is 21.7. The molecule has 2 amide bonds. The van der Waals surface area contributed by atoms with E-state index in [4.69, 9.17) is 0 Å². The summed E-state index contributed by atoms with van der Waals surface area (Å²) in [5.74, 6) is 3.41. The van der Waals surface area contributed by atoms with E-state index in [0.29, 0.717) is 11.8 Å². The molecular formula is C25H42N4O2. The first-order chi connectivity index (χ1) is 14.9. The number of nitrogens with zero attached hydrogens (tertiary/aromatic N) is 3. The number of carbonyl (C=O) groups excluding carboxylic acids is 2. The smallest absolute Gasteiger partial charge is 0.228 e. The molecule has 2 aliphatic heterocycles. The lowest BCUT2D eigenvalue weighted by atomic mass is 9.68. The molecule has 3 atom stereocenters. The van der Waals surface area contributed by atoms with Crippen LogP contribution in [0.1, 0.15) is 71.1 Å². The maximum absolute atomic E-state index is 13.2. The number of hydrogen-bond acceptors (Lipinski definition) is 4. The number of carbonyl (C=O) groups is 2. The first-order valence-electron chi connectivity index (χ1n) is 13.0. The number of piperazine rings is 1. The molecule has 0 aromatic carbocycles. The van der Waals surface area contributed by atoms with Crippen LogP contribution >= 0.6 is 0 Å². The number of hydrogen-bond donors (Lipinski definition) is 1. The molecule has 174 valence electrons. The van der Waals surface area contributed by atoms with Crippen LogP contribution in [0.5, 0.6) is 0 Å². The molecule has 5 aliphatic rings. The molecule has 0 aromatic rings. The lowest BCUT2D eigenvalue weighted by Gasteiger charge is -2.44. The van der Waals surface area contributed by atoms with Gasteiger partial charge < -0.3 is 9.80 Å². The van der Waals surface area contributed by atoms with Crippen molar-refractivity contribution in [1.29, 1.82) is 0 Å². The minimum Gasteiger partial charge on any atom is -0.339 e. The molecule has 5 fully saturated rings. The predicted molar refractivity (Wildman–Crippen MR) is 121 cm³/mol.